The summed E-state index contributed by atoms with van der Waals surface area (Å²) in [4.78, 5) is 40.5. The van der Waals surface area contributed by atoms with Gasteiger partial charge in [-0.3, -0.25) is 19.1 Å². The topological polar surface area (TPSA) is 126 Å². The van der Waals surface area contributed by atoms with E-state index in [9.17, 15) is 14.4 Å². The van der Waals surface area contributed by atoms with Gasteiger partial charge in [-0.2, -0.15) is 0 Å². The lowest BCUT2D eigenvalue weighted by molar-refractivity contribution is -0.113. The van der Waals surface area contributed by atoms with Crippen LogP contribution in [0.1, 0.15) is 17.1 Å². The molecule has 11 heteroatoms. The molecule has 0 fully saturated rings. The lowest BCUT2D eigenvalue weighted by Crippen LogP contribution is -2.23. The number of aromatic nitrogens is 5. The number of aryl methyl sites for hydroxylation is 1. The van der Waals surface area contributed by atoms with Crippen LogP contribution in [-0.2, 0) is 11.2 Å². The number of H-pyrrole nitrogens is 2. The van der Waals surface area contributed by atoms with Crippen molar-refractivity contribution in [3.8, 4) is 5.69 Å². The van der Waals surface area contributed by atoms with E-state index < -0.39 is 11.2 Å². The third kappa shape index (κ3) is 5.79. The van der Waals surface area contributed by atoms with Gasteiger partial charge < -0.3 is 10.3 Å². The Labute approximate surface area is 197 Å². The number of anilines is 1. The van der Waals surface area contributed by atoms with Crippen molar-refractivity contribution in [3.63, 3.8) is 0 Å². The van der Waals surface area contributed by atoms with Crippen LogP contribution < -0.4 is 16.6 Å². The van der Waals surface area contributed by atoms with E-state index in [0.29, 0.717) is 21.7 Å². The van der Waals surface area contributed by atoms with Crippen molar-refractivity contribution in [1.29, 1.82) is 0 Å². The van der Waals surface area contributed by atoms with Crippen molar-refractivity contribution < 1.29 is 4.79 Å². The van der Waals surface area contributed by atoms with E-state index in [1.165, 1.54) is 17.8 Å². The summed E-state index contributed by atoms with van der Waals surface area (Å²) in [6.45, 7) is 1.95. The number of carbonyl (C=O) groups excluding carboxylic acids is 1. The van der Waals surface area contributed by atoms with Crippen LogP contribution >= 0.6 is 23.4 Å². The summed E-state index contributed by atoms with van der Waals surface area (Å²) in [5, 5.41) is 12.4. The molecule has 0 saturated heterocycles. The first-order valence-corrected chi connectivity index (χ1v) is 11.3. The number of aromatic amines is 2. The Hall–Kier alpha value is -3.63. The molecule has 0 atom stereocenters. The van der Waals surface area contributed by atoms with Crippen LogP contribution in [0.5, 0.6) is 0 Å². The van der Waals surface area contributed by atoms with E-state index in [2.05, 4.69) is 25.5 Å². The van der Waals surface area contributed by atoms with E-state index in [1.807, 2.05) is 31.2 Å². The fourth-order valence-corrected chi connectivity index (χ4v) is 4.09. The molecular weight excluding hydrogens is 464 g/mol. The SMILES string of the molecule is Cc1cccc(NC(=O)CSc2nnc(Cc3cc(=O)[nH]c(=O)[nH]3)n2-c2ccc(Cl)cc2)c1. The monoisotopic (exact) mass is 482 g/mol. The number of amides is 1. The third-order valence-corrected chi connectivity index (χ3v) is 5.77. The quantitative estimate of drug-likeness (QED) is 0.348. The zero-order chi connectivity index (χ0) is 23.4. The van der Waals surface area contributed by atoms with Gasteiger partial charge in [0.25, 0.3) is 5.56 Å². The van der Waals surface area contributed by atoms with E-state index in [0.717, 1.165) is 16.9 Å². The normalized spacial score (nSPS) is 10.8. The summed E-state index contributed by atoms with van der Waals surface area (Å²) in [5.74, 6) is 0.415. The predicted molar refractivity (Wildman–Crippen MR) is 127 cm³/mol. The summed E-state index contributed by atoms with van der Waals surface area (Å²) < 4.78 is 1.76. The van der Waals surface area contributed by atoms with Crippen LogP contribution in [0.2, 0.25) is 5.02 Å². The molecule has 33 heavy (non-hydrogen) atoms. The first kappa shape index (κ1) is 22.6. The first-order chi connectivity index (χ1) is 15.9. The molecule has 9 nitrogen and oxygen atoms in total. The van der Waals surface area contributed by atoms with Crippen LogP contribution in [-0.4, -0.2) is 36.4 Å². The molecule has 0 spiro atoms. The van der Waals surface area contributed by atoms with Crippen LogP contribution in [0, 0.1) is 6.92 Å². The van der Waals surface area contributed by atoms with E-state index in [-0.39, 0.29) is 18.1 Å². The Balaban J connectivity index is 1.59. The molecule has 0 aliphatic heterocycles. The predicted octanol–water partition coefficient (Wildman–Crippen LogP) is 2.93. The minimum atomic E-state index is -0.600. The van der Waals surface area contributed by atoms with Gasteiger partial charge in [-0.15, -0.1) is 10.2 Å². The third-order valence-electron chi connectivity index (χ3n) is 4.58. The van der Waals surface area contributed by atoms with Crippen LogP contribution in [0.3, 0.4) is 0 Å². The average molecular weight is 483 g/mol. The molecule has 0 bridgehead atoms. The Morgan fingerprint density at radius 1 is 1.09 bits per heavy atom. The molecule has 2 heterocycles. The van der Waals surface area contributed by atoms with Crippen LogP contribution in [0.25, 0.3) is 5.69 Å². The number of hydrogen-bond acceptors (Lipinski definition) is 6. The minimum Gasteiger partial charge on any atom is -0.325 e. The van der Waals surface area contributed by atoms with Crippen molar-refractivity contribution in [1.82, 2.24) is 24.7 Å². The molecule has 4 aromatic rings. The maximum absolute atomic E-state index is 12.5. The van der Waals surface area contributed by atoms with Crippen molar-refractivity contribution in [2.75, 3.05) is 11.1 Å². The van der Waals surface area contributed by atoms with Gasteiger partial charge in [0.1, 0.15) is 5.82 Å². The van der Waals surface area contributed by atoms with Gasteiger partial charge in [-0.1, -0.05) is 35.5 Å². The molecule has 4 rings (SSSR count). The van der Waals surface area contributed by atoms with Gasteiger partial charge in [0.05, 0.1) is 5.75 Å². The maximum Gasteiger partial charge on any atom is 0.325 e. The highest BCUT2D eigenvalue weighted by atomic mass is 35.5. The summed E-state index contributed by atoms with van der Waals surface area (Å²) in [6.07, 6.45) is 0.158. The van der Waals surface area contributed by atoms with Crippen molar-refractivity contribution in [3.05, 3.63) is 97.5 Å². The standard InChI is InChI=1S/C22H19ClN6O3S/c1-13-3-2-4-15(9-13)24-20(31)12-33-22-28-27-18(10-16-11-19(30)26-21(32)25-16)29(22)17-7-5-14(23)6-8-17/h2-9,11H,10,12H2,1H3,(H,24,31)(H2,25,26,30,32). The lowest BCUT2D eigenvalue weighted by Gasteiger charge is -2.11. The van der Waals surface area contributed by atoms with Gasteiger partial charge in [-0.25, -0.2) is 4.79 Å². The highest BCUT2D eigenvalue weighted by Gasteiger charge is 2.17. The molecule has 0 unspecified atom stereocenters. The number of thioether (sulfide) groups is 1. The van der Waals surface area contributed by atoms with Crippen LogP contribution in [0.4, 0.5) is 5.69 Å². The second-order valence-corrected chi connectivity index (χ2v) is 8.59. The largest absolute Gasteiger partial charge is 0.325 e. The molecule has 3 N–H and O–H groups in total. The molecule has 0 saturated carbocycles. The highest BCUT2D eigenvalue weighted by Crippen LogP contribution is 2.24. The Morgan fingerprint density at radius 2 is 1.88 bits per heavy atom. The van der Waals surface area contributed by atoms with Gasteiger partial charge in [0, 0.05) is 34.6 Å². The average Bonchev–Trinajstić information content (AvgIpc) is 3.14. The molecule has 168 valence electrons. The maximum atomic E-state index is 12.5. The van der Waals surface area contributed by atoms with E-state index >= 15 is 0 Å². The number of nitrogens with one attached hydrogen (secondary N) is 3. The number of halogens is 1. The molecule has 1 amide bonds. The van der Waals surface area contributed by atoms with Crippen molar-refractivity contribution >= 4 is 35.0 Å². The van der Waals surface area contributed by atoms with Gasteiger partial charge in [-0.05, 0) is 48.9 Å². The summed E-state index contributed by atoms with van der Waals surface area (Å²) in [7, 11) is 0. The molecule has 0 radical (unpaired) electrons. The minimum absolute atomic E-state index is 0.113. The lowest BCUT2D eigenvalue weighted by atomic mass is 10.2. The van der Waals surface area contributed by atoms with Gasteiger partial charge in [0.2, 0.25) is 5.91 Å². The fourth-order valence-electron chi connectivity index (χ4n) is 3.19. The van der Waals surface area contributed by atoms with Gasteiger partial charge in [0.15, 0.2) is 5.16 Å². The number of rotatable bonds is 7. The van der Waals surface area contributed by atoms with Gasteiger partial charge >= 0.3 is 5.69 Å². The van der Waals surface area contributed by atoms with Crippen molar-refractivity contribution in [2.24, 2.45) is 0 Å². The molecule has 2 aromatic heterocycles. The first-order valence-electron chi connectivity index (χ1n) is 9.89. The van der Waals surface area contributed by atoms with Crippen molar-refractivity contribution in [2.45, 2.75) is 18.5 Å². The fraction of sp³-hybridized carbons (Fsp3) is 0.136. The zero-order valence-corrected chi connectivity index (χ0v) is 19.0. The number of benzene rings is 2. The number of carbonyl (C=O) groups is 1. The smallest absolute Gasteiger partial charge is 0.325 e. The molecular formula is C22H19ClN6O3S. The Kier molecular flexibility index (Phi) is 6.76. The van der Waals surface area contributed by atoms with E-state index in [1.54, 1.807) is 28.8 Å². The summed E-state index contributed by atoms with van der Waals surface area (Å²) in [5.41, 5.74) is 1.78. The molecule has 2 aromatic carbocycles. The molecule has 0 aliphatic carbocycles. The molecule has 0 aliphatic rings. The number of hydrogen-bond donors (Lipinski definition) is 3. The summed E-state index contributed by atoms with van der Waals surface area (Å²) >= 11 is 7.25. The number of nitrogens with zero attached hydrogens (tertiary/aromatic N) is 3. The Morgan fingerprint density at radius 3 is 2.61 bits per heavy atom. The second kappa shape index (κ2) is 9.88. The Bertz CT molecular complexity index is 1380. The second-order valence-electron chi connectivity index (χ2n) is 7.21. The zero-order valence-electron chi connectivity index (χ0n) is 17.5. The van der Waals surface area contributed by atoms with E-state index in [4.69, 9.17) is 11.6 Å². The highest BCUT2D eigenvalue weighted by molar-refractivity contribution is 7.99. The van der Waals surface area contributed by atoms with Crippen LogP contribution in [0.15, 0.2) is 69.3 Å². The summed E-state index contributed by atoms with van der Waals surface area (Å²) in [6, 6.07) is 15.9.